The van der Waals surface area contributed by atoms with Crippen molar-refractivity contribution in [3.8, 4) is 0 Å². The topological polar surface area (TPSA) is 41.3 Å². The van der Waals surface area contributed by atoms with Gasteiger partial charge in [-0.3, -0.25) is 11.3 Å². The van der Waals surface area contributed by atoms with E-state index >= 15 is 0 Å². The van der Waals surface area contributed by atoms with Crippen LogP contribution in [0.4, 0.5) is 4.39 Å². The second-order valence-corrected chi connectivity index (χ2v) is 4.42. The second-order valence-electron chi connectivity index (χ2n) is 4.04. The van der Waals surface area contributed by atoms with Crippen LogP contribution in [0.1, 0.15) is 5.56 Å². The number of rotatable bonds is 5. The molecule has 5 heteroatoms. The third kappa shape index (κ3) is 3.72. The maximum absolute atomic E-state index is 13.2. The summed E-state index contributed by atoms with van der Waals surface area (Å²) in [6.07, 6.45) is 0.602. The van der Waals surface area contributed by atoms with E-state index in [4.69, 9.17) is 17.4 Å². The van der Waals surface area contributed by atoms with Crippen LogP contribution in [0.25, 0.3) is 0 Å². The monoisotopic (exact) mass is 245 g/mol. The van der Waals surface area contributed by atoms with E-state index in [9.17, 15) is 4.39 Å². The van der Waals surface area contributed by atoms with Crippen molar-refractivity contribution in [3.63, 3.8) is 0 Å². The number of halogens is 2. The van der Waals surface area contributed by atoms with E-state index in [1.165, 1.54) is 6.07 Å². The van der Waals surface area contributed by atoms with Crippen LogP contribution < -0.4 is 11.3 Å². The lowest BCUT2D eigenvalue weighted by molar-refractivity contribution is 0.338. The van der Waals surface area contributed by atoms with Gasteiger partial charge in [0, 0.05) is 12.6 Å². The molecule has 1 rings (SSSR count). The molecule has 0 amide bonds. The molecule has 0 aliphatic rings. The molecule has 0 aromatic heterocycles. The Balaban J connectivity index is 2.74. The van der Waals surface area contributed by atoms with Crippen molar-refractivity contribution in [3.05, 3.63) is 34.6 Å². The Kier molecular flexibility index (Phi) is 5.15. The van der Waals surface area contributed by atoms with Crippen molar-refractivity contribution in [2.75, 3.05) is 20.6 Å². The summed E-state index contributed by atoms with van der Waals surface area (Å²) in [4.78, 5) is 2.01. The standard InChI is InChI=1S/C11H17ClFN3/c1-16(2)7-9(15-14)6-8-4-3-5-10(13)11(8)12/h3-5,9,15H,6-7,14H2,1-2H3. The number of nitrogens with two attached hydrogens (primary N) is 1. The van der Waals surface area contributed by atoms with Crippen molar-refractivity contribution in [1.29, 1.82) is 0 Å². The number of hydrogen-bond donors (Lipinski definition) is 2. The van der Waals surface area contributed by atoms with E-state index in [0.29, 0.717) is 6.42 Å². The van der Waals surface area contributed by atoms with Crippen molar-refractivity contribution < 1.29 is 4.39 Å². The van der Waals surface area contributed by atoms with Gasteiger partial charge in [-0.05, 0) is 32.1 Å². The van der Waals surface area contributed by atoms with Gasteiger partial charge in [-0.15, -0.1) is 0 Å². The van der Waals surface area contributed by atoms with Gasteiger partial charge in [-0.1, -0.05) is 23.7 Å². The summed E-state index contributed by atoms with van der Waals surface area (Å²) in [6, 6.07) is 4.86. The van der Waals surface area contributed by atoms with Gasteiger partial charge in [-0.25, -0.2) is 4.39 Å². The van der Waals surface area contributed by atoms with E-state index in [0.717, 1.165) is 12.1 Å². The van der Waals surface area contributed by atoms with E-state index in [-0.39, 0.29) is 16.9 Å². The number of likely N-dealkylation sites (N-methyl/N-ethyl adjacent to an activating group) is 1. The molecule has 1 unspecified atom stereocenters. The maximum Gasteiger partial charge on any atom is 0.142 e. The van der Waals surface area contributed by atoms with E-state index in [1.54, 1.807) is 6.07 Å². The Bertz CT molecular complexity index is 344. The number of nitrogens with zero attached hydrogens (tertiary/aromatic N) is 1. The predicted molar refractivity (Wildman–Crippen MR) is 64.8 cm³/mol. The molecule has 1 aromatic rings. The highest BCUT2D eigenvalue weighted by atomic mass is 35.5. The van der Waals surface area contributed by atoms with Gasteiger partial charge in [0.25, 0.3) is 0 Å². The van der Waals surface area contributed by atoms with Gasteiger partial charge >= 0.3 is 0 Å². The fourth-order valence-electron chi connectivity index (χ4n) is 1.59. The molecule has 0 saturated heterocycles. The second kappa shape index (κ2) is 6.15. The van der Waals surface area contributed by atoms with Gasteiger partial charge in [0.2, 0.25) is 0 Å². The summed E-state index contributed by atoms with van der Waals surface area (Å²) >= 11 is 5.87. The molecule has 3 nitrogen and oxygen atoms in total. The van der Waals surface area contributed by atoms with E-state index in [2.05, 4.69) is 5.43 Å². The first-order valence-corrected chi connectivity index (χ1v) is 5.46. The minimum Gasteiger partial charge on any atom is -0.308 e. The molecule has 3 N–H and O–H groups in total. The first kappa shape index (κ1) is 13.4. The molecule has 16 heavy (non-hydrogen) atoms. The van der Waals surface area contributed by atoms with Crippen LogP contribution in [0.2, 0.25) is 5.02 Å². The SMILES string of the molecule is CN(C)CC(Cc1cccc(F)c1Cl)NN. The molecule has 0 aliphatic carbocycles. The number of benzene rings is 1. The highest BCUT2D eigenvalue weighted by molar-refractivity contribution is 6.31. The Morgan fingerprint density at radius 1 is 1.50 bits per heavy atom. The first-order valence-electron chi connectivity index (χ1n) is 5.08. The molecular formula is C11H17ClFN3. The van der Waals surface area contributed by atoms with Crippen LogP contribution in [0.5, 0.6) is 0 Å². The number of hydrazine groups is 1. The lowest BCUT2D eigenvalue weighted by Crippen LogP contribution is -2.43. The highest BCUT2D eigenvalue weighted by Gasteiger charge is 2.12. The molecule has 0 radical (unpaired) electrons. The van der Waals surface area contributed by atoms with Gasteiger partial charge in [0.1, 0.15) is 5.82 Å². The summed E-state index contributed by atoms with van der Waals surface area (Å²) in [5.74, 6) is 5.05. The van der Waals surface area contributed by atoms with Crippen LogP contribution in [0.15, 0.2) is 18.2 Å². The Hall–Kier alpha value is -0.680. The fourth-order valence-corrected chi connectivity index (χ4v) is 1.79. The maximum atomic E-state index is 13.2. The van der Waals surface area contributed by atoms with Gasteiger partial charge in [0.05, 0.1) is 5.02 Å². The summed E-state index contributed by atoms with van der Waals surface area (Å²) < 4.78 is 13.2. The number of hydrogen-bond acceptors (Lipinski definition) is 3. The molecule has 0 aliphatic heterocycles. The average molecular weight is 246 g/mol. The largest absolute Gasteiger partial charge is 0.308 e. The van der Waals surface area contributed by atoms with Crippen molar-refractivity contribution in [2.45, 2.75) is 12.5 Å². The zero-order valence-corrected chi connectivity index (χ0v) is 10.3. The lowest BCUT2D eigenvalue weighted by atomic mass is 10.1. The fraction of sp³-hybridized carbons (Fsp3) is 0.455. The highest BCUT2D eigenvalue weighted by Crippen LogP contribution is 2.20. The molecule has 0 bridgehead atoms. The molecular weight excluding hydrogens is 229 g/mol. The minimum absolute atomic E-state index is 0.0503. The molecule has 0 saturated carbocycles. The lowest BCUT2D eigenvalue weighted by Gasteiger charge is -2.20. The summed E-state index contributed by atoms with van der Waals surface area (Å²) in [5.41, 5.74) is 3.48. The van der Waals surface area contributed by atoms with Crippen LogP contribution in [-0.2, 0) is 6.42 Å². The third-order valence-corrected chi connectivity index (χ3v) is 2.74. The zero-order valence-electron chi connectivity index (χ0n) is 9.50. The smallest absolute Gasteiger partial charge is 0.142 e. The van der Waals surface area contributed by atoms with Gasteiger partial charge in [-0.2, -0.15) is 0 Å². The number of nitrogens with one attached hydrogen (secondary N) is 1. The Morgan fingerprint density at radius 2 is 2.19 bits per heavy atom. The Labute approximate surface area is 100 Å². The molecule has 0 fully saturated rings. The minimum atomic E-state index is -0.389. The van der Waals surface area contributed by atoms with Crippen LogP contribution in [0.3, 0.4) is 0 Å². The molecule has 0 heterocycles. The van der Waals surface area contributed by atoms with Crippen molar-refractivity contribution in [2.24, 2.45) is 5.84 Å². The van der Waals surface area contributed by atoms with Gasteiger partial charge in [0.15, 0.2) is 0 Å². The molecule has 90 valence electrons. The zero-order chi connectivity index (χ0) is 12.1. The predicted octanol–water partition coefficient (Wildman–Crippen LogP) is 1.42. The van der Waals surface area contributed by atoms with E-state index in [1.807, 2.05) is 25.1 Å². The van der Waals surface area contributed by atoms with Crippen LogP contribution >= 0.6 is 11.6 Å². The van der Waals surface area contributed by atoms with Gasteiger partial charge < -0.3 is 4.90 Å². The summed E-state index contributed by atoms with van der Waals surface area (Å²) in [6.45, 7) is 0.767. The molecule has 1 atom stereocenters. The third-order valence-electron chi connectivity index (χ3n) is 2.32. The first-order chi connectivity index (χ1) is 7.54. The quantitative estimate of drug-likeness (QED) is 0.609. The molecule has 1 aromatic carbocycles. The van der Waals surface area contributed by atoms with Crippen molar-refractivity contribution in [1.82, 2.24) is 10.3 Å². The Morgan fingerprint density at radius 3 is 2.75 bits per heavy atom. The summed E-state index contributed by atoms with van der Waals surface area (Å²) in [7, 11) is 3.91. The molecule has 0 spiro atoms. The van der Waals surface area contributed by atoms with Crippen molar-refractivity contribution >= 4 is 11.6 Å². The van der Waals surface area contributed by atoms with Crippen LogP contribution in [-0.4, -0.2) is 31.6 Å². The average Bonchev–Trinajstić information content (AvgIpc) is 2.23. The van der Waals surface area contributed by atoms with Crippen LogP contribution in [0, 0.1) is 5.82 Å². The van der Waals surface area contributed by atoms with E-state index < -0.39 is 0 Å². The normalized spacial score (nSPS) is 13.1. The summed E-state index contributed by atoms with van der Waals surface area (Å²) in [5, 5.41) is 0.182.